The van der Waals surface area contributed by atoms with Crippen LogP contribution < -0.4 is 5.32 Å². The Morgan fingerprint density at radius 3 is 3.00 bits per heavy atom. The van der Waals surface area contributed by atoms with Gasteiger partial charge in [0.05, 0.1) is 0 Å². The molecule has 3 rings (SSSR count). The smallest absolute Gasteiger partial charge is 0.269 e. The summed E-state index contributed by atoms with van der Waals surface area (Å²) < 4.78 is 0. The van der Waals surface area contributed by atoms with Crippen LogP contribution in [0.3, 0.4) is 0 Å². The highest BCUT2D eigenvalue weighted by atomic mass is 35.5. The number of aromatic amines is 1. The SMILES string of the molecule is O=C(Nc1nn[nH]n1)[C@@H]1C[C@@H]1c1ccccc1Cl. The molecule has 0 spiro atoms. The lowest BCUT2D eigenvalue weighted by molar-refractivity contribution is -0.117. The Morgan fingerprint density at radius 2 is 2.28 bits per heavy atom. The molecule has 0 radical (unpaired) electrons. The Balaban J connectivity index is 1.67. The first kappa shape index (κ1) is 11.2. The van der Waals surface area contributed by atoms with Crippen LogP contribution in [0.25, 0.3) is 0 Å². The quantitative estimate of drug-likeness (QED) is 0.881. The van der Waals surface area contributed by atoms with Gasteiger partial charge in [-0.2, -0.15) is 5.21 Å². The third kappa shape index (κ3) is 2.06. The van der Waals surface area contributed by atoms with Crippen LogP contribution in [0.5, 0.6) is 0 Å². The van der Waals surface area contributed by atoms with Crippen molar-refractivity contribution in [2.45, 2.75) is 12.3 Å². The maximum Gasteiger partial charge on any atom is 0.269 e. The van der Waals surface area contributed by atoms with Crippen molar-refractivity contribution in [3.05, 3.63) is 34.9 Å². The van der Waals surface area contributed by atoms with E-state index in [-0.39, 0.29) is 23.7 Å². The molecule has 6 nitrogen and oxygen atoms in total. The van der Waals surface area contributed by atoms with Gasteiger partial charge in [0.25, 0.3) is 5.95 Å². The molecule has 1 aromatic carbocycles. The summed E-state index contributed by atoms with van der Waals surface area (Å²) in [5.74, 6) is 0.222. The molecule has 2 aromatic rings. The summed E-state index contributed by atoms with van der Waals surface area (Å²) in [7, 11) is 0. The number of benzene rings is 1. The number of rotatable bonds is 3. The van der Waals surface area contributed by atoms with E-state index in [1.807, 2.05) is 24.3 Å². The average molecular weight is 264 g/mol. The normalized spacial score (nSPS) is 21.6. The van der Waals surface area contributed by atoms with E-state index < -0.39 is 0 Å². The van der Waals surface area contributed by atoms with Gasteiger partial charge in [-0.15, -0.1) is 5.10 Å². The van der Waals surface area contributed by atoms with Gasteiger partial charge in [0.2, 0.25) is 5.91 Å². The largest absolute Gasteiger partial charge is 0.292 e. The van der Waals surface area contributed by atoms with Crippen molar-refractivity contribution in [3.63, 3.8) is 0 Å². The number of hydrogen-bond donors (Lipinski definition) is 2. The highest BCUT2D eigenvalue weighted by molar-refractivity contribution is 6.31. The van der Waals surface area contributed by atoms with E-state index in [1.54, 1.807) is 0 Å². The molecule has 0 aliphatic heterocycles. The fraction of sp³-hybridized carbons (Fsp3) is 0.273. The molecule has 1 saturated carbocycles. The average Bonchev–Trinajstić information content (AvgIpc) is 3.00. The molecule has 92 valence electrons. The summed E-state index contributed by atoms with van der Waals surface area (Å²) in [5, 5.41) is 16.3. The van der Waals surface area contributed by atoms with E-state index in [4.69, 9.17) is 11.6 Å². The third-order valence-electron chi connectivity index (χ3n) is 3.01. The van der Waals surface area contributed by atoms with E-state index in [0.717, 1.165) is 12.0 Å². The molecule has 0 unspecified atom stereocenters. The molecule has 1 fully saturated rings. The molecule has 1 heterocycles. The Hall–Kier alpha value is -1.95. The number of anilines is 1. The van der Waals surface area contributed by atoms with E-state index in [0.29, 0.717) is 5.02 Å². The van der Waals surface area contributed by atoms with E-state index >= 15 is 0 Å². The molecule has 18 heavy (non-hydrogen) atoms. The minimum atomic E-state index is -0.0960. The molecule has 1 aliphatic carbocycles. The molecule has 2 atom stereocenters. The first-order chi connectivity index (χ1) is 8.75. The lowest BCUT2D eigenvalue weighted by Crippen LogP contribution is -2.15. The fourth-order valence-corrected chi connectivity index (χ4v) is 2.30. The van der Waals surface area contributed by atoms with Gasteiger partial charge in [-0.3, -0.25) is 10.1 Å². The van der Waals surface area contributed by atoms with Crippen molar-refractivity contribution in [3.8, 4) is 0 Å². The minimum Gasteiger partial charge on any atom is -0.292 e. The zero-order chi connectivity index (χ0) is 12.5. The van der Waals surface area contributed by atoms with E-state index in [9.17, 15) is 4.79 Å². The van der Waals surface area contributed by atoms with Gasteiger partial charge in [-0.05, 0) is 29.2 Å². The number of nitrogens with zero attached hydrogens (tertiary/aromatic N) is 3. The highest BCUT2D eigenvalue weighted by Gasteiger charge is 2.45. The summed E-state index contributed by atoms with van der Waals surface area (Å²) in [5.41, 5.74) is 1.02. The van der Waals surface area contributed by atoms with Crippen LogP contribution in [0.2, 0.25) is 5.02 Å². The van der Waals surface area contributed by atoms with Crippen molar-refractivity contribution in [2.75, 3.05) is 5.32 Å². The van der Waals surface area contributed by atoms with Gasteiger partial charge in [0.1, 0.15) is 0 Å². The summed E-state index contributed by atoms with van der Waals surface area (Å²) >= 11 is 6.10. The Morgan fingerprint density at radius 1 is 1.44 bits per heavy atom. The highest BCUT2D eigenvalue weighted by Crippen LogP contribution is 2.49. The maximum atomic E-state index is 11.9. The molecule has 2 N–H and O–H groups in total. The van der Waals surface area contributed by atoms with Crippen LogP contribution in [-0.2, 0) is 4.79 Å². The number of H-pyrrole nitrogens is 1. The van der Waals surface area contributed by atoms with E-state index in [2.05, 4.69) is 25.9 Å². The number of aromatic nitrogens is 4. The Labute approximate surface area is 108 Å². The molecule has 1 amide bonds. The number of halogens is 1. The standard InChI is InChI=1S/C11H10ClN5O/c12-9-4-2-1-3-6(9)7-5-8(7)10(18)13-11-14-16-17-15-11/h1-4,7-8H,5H2,(H2,13,14,15,16,17,18)/t7-,8-/m1/s1. The van der Waals surface area contributed by atoms with Crippen molar-refractivity contribution >= 4 is 23.5 Å². The van der Waals surface area contributed by atoms with Gasteiger partial charge in [-0.1, -0.05) is 34.9 Å². The zero-order valence-corrected chi connectivity index (χ0v) is 10.1. The summed E-state index contributed by atoms with van der Waals surface area (Å²) in [6.07, 6.45) is 0.799. The number of hydrogen-bond acceptors (Lipinski definition) is 4. The minimum absolute atomic E-state index is 0.0663. The number of carbonyl (C=O) groups is 1. The summed E-state index contributed by atoms with van der Waals surface area (Å²) in [4.78, 5) is 11.9. The van der Waals surface area contributed by atoms with Crippen LogP contribution in [0.15, 0.2) is 24.3 Å². The molecular weight excluding hydrogens is 254 g/mol. The molecular formula is C11H10ClN5O. The van der Waals surface area contributed by atoms with Crippen LogP contribution in [0, 0.1) is 5.92 Å². The molecule has 0 bridgehead atoms. The fourth-order valence-electron chi connectivity index (χ4n) is 2.02. The first-order valence-electron chi connectivity index (χ1n) is 5.54. The van der Waals surface area contributed by atoms with E-state index in [1.165, 1.54) is 0 Å². The van der Waals surface area contributed by atoms with Crippen molar-refractivity contribution < 1.29 is 4.79 Å². The van der Waals surface area contributed by atoms with Crippen LogP contribution in [0.4, 0.5) is 5.95 Å². The summed E-state index contributed by atoms with van der Waals surface area (Å²) in [6, 6.07) is 7.59. The van der Waals surface area contributed by atoms with Crippen LogP contribution in [-0.4, -0.2) is 26.5 Å². The predicted octanol–water partition coefficient (Wildman–Crippen LogP) is 1.60. The third-order valence-corrected chi connectivity index (χ3v) is 3.36. The topological polar surface area (TPSA) is 83.6 Å². The van der Waals surface area contributed by atoms with Crippen molar-refractivity contribution in [1.29, 1.82) is 0 Å². The van der Waals surface area contributed by atoms with Crippen molar-refractivity contribution in [1.82, 2.24) is 20.6 Å². The number of carbonyl (C=O) groups excluding carboxylic acids is 1. The second-order valence-electron chi connectivity index (χ2n) is 4.19. The molecule has 0 saturated heterocycles. The molecule has 7 heteroatoms. The zero-order valence-electron chi connectivity index (χ0n) is 9.30. The number of amides is 1. The number of tetrazole rings is 1. The van der Waals surface area contributed by atoms with Gasteiger partial charge < -0.3 is 0 Å². The second kappa shape index (κ2) is 4.38. The lowest BCUT2D eigenvalue weighted by atomic mass is 10.1. The van der Waals surface area contributed by atoms with Gasteiger partial charge >= 0.3 is 0 Å². The Bertz CT molecular complexity index is 571. The van der Waals surface area contributed by atoms with Crippen LogP contribution in [0.1, 0.15) is 17.9 Å². The predicted molar refractivity (Wildman–Crippen MR) is 65.1 cm³/mol. The van der Waals surface area contributed by atoms with Crippen LogP contribution >= 0.6 is 11.6 Å². The van der Waals surface area contributed by atoms with Gasteiger partial charge in [-0.25, -0.2) is 0 Å². The monoisotopic (exact) mass is 263 g/mol. The Kier molecular flexibility index (Phi) is 2.71. The molecule has 1 aromatic heterocycles. The maximum absolute atomic E-state index is 11.9. The molecule has 1 aliphatic rings. The van der Waals surface area contributed by atoms with Gasteiger partial charge in [0.15, 0.2) is 0 Å². The lowest BCUT2D eigenvalue weighted by Gasteiger charge is -2.02. The number of nitrogens with one attached hydrogen (secondary N) is 2. The first-order valence-corrected chi connectivity index (χ1v) is 5.92. The van der Waals surface area contributed by atoms with Gasteiger partial charge in [0, 0.05) is 10.9 Å². The summed E-state index contributed by atoms with van der Waals surface area (Å²) in [6.45, 7) is 0. The van der Waals surface area contributed by atoms with Crippen molar-refractivity contribution in [2.24, 2.45) is 5.92 Å². The second-order valence-corrected chi connectivity index (χ2v) is 4.60.